The lowest BCUT2D eigenvalue weighted by molar-refractivity contribution is 0.398. The van der Waals surface area contributed by atoms with Gasteiger partial charge in [-0.2, -0.15) is 0 Å². The summed E-state index contributed by atoms with van der Waals surface area (Å²) in [6.45, 7) is 13.3. The zero-order valence-corrected chi connectivity index (χ0v) is 19.2. The van der Waals surface area contributed by atoms with Crippen molar-refractivity contribution in [2.75, 3.05) is 0 Å². The highest BCUT2D eigenvalue weighted by Crippen LogP contribution is 2.20. The Kier molecular flexibility index (Phi) is 16.5. The van der Waals surface area contributed by atoms with Crippen LogP contribution in [0.25, 0.3) is 0 Å². The molecule has 2 atom stereocenters. The SMILES string of the molecule is CCCCCCCCC[CH]CC(C)CC(C)CC.Cc1ccc(O)c(C)c1. The first-order valence-corrected chi connectivity index (χ1v) is 11.5. The Hall–Kier alpha value is -0.980. The van der Waals surface area contributed by atoms with E-state index in [0.717, 1.165) is 17.4 Å². The average molecular weight is 376 g/mol. The van der Waals surface area contributed by atoms with Crippen LogP contribution in [-0.4, -0.2) is 5.11 Å². The van der Waals surface area contributed by atoms with Crippen molar-refractivity contribution in [3.63, 3.8) is 0 Å². The maximum absolute atomic E-state index is 9.04. The van der Waals surface area contributed by atoms with Crippen LogP contribution in [0.5, 0.6) is 5.75 Å². The van der Waals surface area contributed by atoms with Crippen LogP contribution in [-0.2, 0) is 0 Å². The molecule has 1 aromatic carbocycles. The largest absolute Gasteiger partial charge is 0.508 e. The number of phenols is 1. The molecule has 1 heteroatoms. The van der Waals surface area contributed by atoms with Crippen molar-refractivity contribution < 1.29 is 5.11 Å². The summed E-state index contributed by atoms with van der Waals surface area (Å²) in [6.07, 6.45) is 18.0. The average Bonchev–Trinajstić information content (AvgIpc) is 2.64. The molecule has 27 heavy (non-hydrogen) atoms. The Labute approximate surface area is 171 Å². The second-order valence-corrected chi connectivity index (χ2v) is 8.58. The van der Waals surface area contributed by atoms with Crippen molar-refractivity contribution >= 4 is 0 Å². The molecule has 2 unspecified atom stereocenters. The van der Waals surface area contributed by atoms with Crippen LogP contribution in [0, 0.1) is 32.1 Å². The Morgan fingerprint density at radius 3 is 2.07 bits per heavy atom. The van der Waals surface area contributed by atoms with Gasteiger partial charge in [0, 0.05) is 0 Å². The van der Waals surface area contributed by atoms with Gasteiger partial charge in [-0.3, -0.25) is 0 Å². The van der Waals surface area contributed by atoms with Gasteiger partial charge < -0.3 is 5.11 Å². The van der Waals surface area contributed by atoms with Gasteiger partial charge >= 0.3 is 0 Å². The van der Waals surface area contributed by atoms with Crippen LogP contribution < -0.4 is 0 Å². The van der Waals surface area contributed by atoms with E-state index in [1.54, 1.807) is 6.07 Å². The topological polar surface area (TPSA) is 20.2 Å². The lowest BCUT2D eigenvalue weighted by Crippen LogP contribution is -2.02. The van der Waals surface area contributed by atoms with Crippen molar-refractivity contribution in [3.05, 3.63) is 35.7 Å². The Morgan fingerprint density at radius 2 is 1.52 bits per heavy atom. The normalized spacial score (nSPS) is 13.0. The molecule has 1 N–H and O–H groups in total. The summed E-state index contributed by atoms with van der Waals surface area (Å²) in [5.74, 6) is 2.18. The maximum atomic E-state index is 9.04. The number of benzene rings is 1. The molecule has 1 nitrogen and oxygen atoms in total. The van der Waals surface area contributed by atoms with E-state index in [1.807, 2.05) is 26.0 Å². The molecule has 0 amide bonds. The molecule has 1 radical (unpaired) electrons. The minimum Gasteiger partial charge on any atom is -0.508 e. The summed E-state index contributed by atoms with van der Waals surface area (Å²) in [7, 11) is 0. The van der Waals surface area contributed by atoms with E-state index >= 15 is 0 Å². The van der Waals surface area contributed by atoms with Crippen molar-refractivity contribution in [3.8, 4) is 5.75 Å². The summed E-state index contributed by atoms with van der Waals surface area (Å²) >= 11 is 0. The molecule has 0 saturated heterocycles. The molecule has 0 heterocycles. The Balaban J connectivity index is 0.000000621. The van der Waals surface area contributed by atoms with Gasteiger partial charge in [0.1, 0.15) is 5.75 Å². The molecule has 1 aromatic rings. The van der Waals surface area contributed by atoms with Gasteiger partial charge in [0.05, 0.1) is 0 Å². The van der Waals surface area contributed by atoms with Gasteiger partial charge in [-0.25, -0.2) is 0 Å². The zero-order chi connectivity index (χ0) is 20.5. The third-order valence-corrected chi connectivity index (χ3v) is 5.43. The summed E-state index contributed by atoms with van der Waals surface area (Å²) in [5.41, 5.74) is 2.13. The third kappa shape index (κ3) is 15.7. The zero-order valence-electron chi connectivity index (χ0n) is 19.2. The van der Waals surface area contributed by atoms with E-state index in [-0.39, 0.29) is 0 Å². The molecular formula is C26H47O. The standard InChI is InChI=1S/C18H37.C8H10O/c1-5-7-8-9-10-11-12-13-14-15-18(4)16-17(3)6-2;1-6-3-4-8(9)7(2)5-6/h14,17-18H,5-13,15-16H2,1-4H3;3-5,9H,1-2H3. The van der Waals surface area contributed by atoms with Crippen LogP contribution in [0.4, 0.5) is 0 Å². The van der Waals surface area contributed by atoms with Gasteiger partial charge in [0.25, 0.3) is 0 Å². The minimum absolute atomic E-state index is 0.376. The first-order valence-electron chi connectivity index (χ1n) is 11.5. The molecule has 0 aliphatic carbocycles. The predicted molar refractivity (Wildman–Crippen MR) is 122 cm³/mol. The Morgan fingerprint density at radius 1 is 0.889 bits per heavy atom. The number of aromatic hydroxyl groups is 1. The van der Waals surface area contributed by atoms with Crippen LogP contribution in [0.3, 0.4) is 0 Å². The number of rotatable bonds is 13. The van der Waals surface area contributed by atoms with E-state index in [4.69, 9.17) is 5.11 Å². The molecule has 0 spiro atoms. The summed E-state index contributed by atoms with van der Waals surface area (Å²) < 4.78 is 0. The predicted octanol–water partition coefficient (Wildman–Crippen LogP) is 8.80. The van der Waals surface area contributed by atoms with Crippen LogP contribution in [0.2, 0.25) is 0 Å². The molecular weight excluding hydrogens is 328 g/mol. The number of hydrogen-bond donors (Lipinski definition) is 1. The van der Waals surface area contributed by atoms with E-state index in [9.17, 15) is 0 Å². The highest BCUT2D eigenvalue weighted by atomic mass is 16.3. The number of unbranched alkanes of at least 4 members (excludes halogenated alkanes) is 8. The van der Waals surface area contributed by atoms with Crippen LogP contribution in [0.15, 0.2) is 18.2 Å². The molecule has 0 fully saturated rings. The van der Waals surface area contributed by atoms with Gasteiger partial charge in [0.2, 0.25) is 0 Å². The monoisotopic (exact) mass is 375 g/mol. The first-order chi connectivity index (χ1) is 12.9. The maximum Gasteiger partial charge on any atom is 0.118 e. The van der Waals surface area contributed by atoms with Crippen molar-refractivity contribution in [1.29, 1.82) is 0 Å². The number of aryl methyl sites for hydroxylation is 2. The molecule has 1 rings (SSSR count). The molecule has 0 bridgehead atoms. The summed E-state index contributed by atoms with van der Waals surface area (Å²) in [4.78, 5) is 0. The fourth-order valence-corrected chi connectivity index (χ4v) is 3.40. The van der Waals surface area contributed by atoms with Crippen LogP contribution in [0.1, 0.15) is 109 Å². The lowest BCUT2D eigenvalue weighted by Gasteiger charge is -2.15. The molecule has 0 aromatic heterocycles. The van der Waals surface area contributed by atoms with Gasteiger partial charge in [-0.05, 0) is 56.6 Å². The molecule has 0 saturated carbocycles. The Bertz CT molecular complexity index is 452. The first kappa shape index (κ1) is 26.0. The summed E-state index contributed by atoms with van der Waals surface area (Å²) in [6, 6.07) is 5.56. The van der Waals surface area contributed by atoms with Crippen molar-refractivity contribution in [2.24, 2.45) is 11.8 Å². The van der Waals surface area contributed by atoms with Crippen molar-refractivity contribution in [1.82, 2.24) is 0 Å². The fourth-order valence-electron chi connectivity index (χ4n) is 3.40. The molecule has 0 aliphatic rings. The van der Waals surface area contributed by atoms with Crippen LogP contribution >= 0.6 is 0 Å². The quantitative estimate of drug-likeness (QED) is 0.341. The smallest absolute Gasteiger partial charge is 0.118 e. The summed E-state index contributed by atoms with van der Waals surface area (Å²) in [5, 5.41) is 9.04. The number of phenolic OH excluding ortho intramolecular Hbond substituents is 1. The van der Waals surface area contributed by atoms with E-state index < -0.39 is 0 Å². The molecule has 157 valence electrons. The highest BCUT2D eigenvalue weighted by Gasteiger charge is 2.06. The minimum atomic E-state index is 0.376. The second-order valence-electron chi connectivity index (χ2n) is 8.58. The van der Waals surface area contributed by atoms with Crippen molar-refractivity contribution in [2.45, 2.75) is 112 Å². The second kappa shape index (κ2) is 17.1. The van der Waals surface area contributed by atoms with Gasteiger partial charge in [0.15, 0.2) is 0 Å². The number of hydrogen-bond acceptors (Lipinski definition) is 1. The van der Waals surface area contributed by atoms with Gasteiger partial charge in [-0.1, -0.05) is 103 Å². The lowest BCUT2D eigenvalue weighted by atomic mass is 9.91. The molecule has 0 aliphatic heterocycles. The van der Waals surface area contributed by atoms with E-state index in [1.165, 1.54) is 76.2 Å². The van der Waals surface area contributed by atoms with E-state index in [2.05, 4.69) is 34.1 Å². The third-order valence-electron chi connectivity index (χ3n) is 5.43. The highest BCUT2D eigenvalue weighted by molar-refractivity contribution is 5.34. The van der Waals surface area contributed by atoms with E-state index in [0.29, 0.717) is 5.75 Å². The van der Waals surface area contributed by atoms with Gasteiger partial charge in [-0.15, -0.1) is 0 Å². The fraction of sp³-hybridized carbons (Fsp3) is 0.731.